The molecule has 0 amide bonds. The lowest BCUT2D eigenvalue weighted by molar-refractivity contribution is 0.928. The fraction of sp³-hybridized carbons (Fsp3) is 0.312. The maximum absolute atomic E-state index is 4.53. The van der Waals surface area contributed by atoms with Crippen molar-refractivity contribution in [1.82, 2.24) is 15.0 Å². The van der Waals surface area contributed by atoms with Crippen LogP contribution in [0.1, 0.15) is 17.8 Å². The second-order valence-electron chi connectivity index (χ2n) is 5.50. The minimum Gasteiger partial charge on any atom is -0.356 e. The van der Waals surface area contributed by atoms with E-state index in [1.165, 1.54) is 17.5 Å². The third kappa shape index (κ3) is 2.62. The minimum absolute atomic E-state index is 0.822. The third-order valence-electron chi connectivity index (χ3n) is 3.85. The van der Waals surface area contributed by atoms with Crippen molar-refractivity contribution < 1.29 is 0 Å². The van der Waals surface area contributed by atoms with Crippen molar-refractivity contribution in [3.63, 3.8) is 0 Å². The van der Waals surface area contributed by atoms with Crippen LogP contribution < -0.4 is 10.2 Å². The van der Waals surface area contributed by atoms with Gasteiger partial charge in [0, 0.05) is 24.8 Å². The summed E-state index contributed by atoms with van der Waals surface area (Å²) in [6.07, 6.45) is 4.11. The molecule has 4 rings (SSSR count). The molecule has 1 aromatic carbocycles. The summed E-state index contributed by atoms with van der Waals surface area (Å²) in [6.45, 7) is 4.20. The lowest BCUT2D eigenvalue weighted by Gasteiger charge is -2.16. The predicted molar refractivity (Wildman–Crippen MR) is 91.1 cm³/mol. The molecule has 5 nitrogen and oxygen atoms in total. The van der Waals surface area contributed by atoms with E-state index in [1.807, 2.05) is 13.0 Å². The van der Waals surface area contributed by atoms with E-state index in [1.54, 1.807) is 17.7 Å². The van der Waals surface area contributed by atoms with Crippen molar-refractivity contribution in [2.24, 2.45) is 0 Å². The van der Waals surface area contributed by atoms with Gasteiger partial charge in [0.2, 0.25) is 0 Å². The first kappa shape index (κ1) is 13.5. The van der Waals surface area contributed by atoms with E-state index < -0.39 is 0 Å². The Balaban J connectivity index is 1.59. The van der Waals surface area contributed by atoms with Crippen LogP contribution in [-0.2, 0) is 0 Å². The Labute approximate surface area is 133 Å². The zero-order valence-corrected chi connectivity index (χ0v) is 13.2. The fourth-order valence-electron chi connectivity index (χ4n) is 2.80. The lowest BCUT2D eigenvalue weighted by atomic mass is 10.3. The molecule has 112 valence electrons. The van der Waals surface area contributed by atoms with Crippen LogP contribution in [0.2, 0.25) is 0 Å². The van der Waals surface area contributed by atoms with Gasteiger partial charge in [-0.2, -0.15) is 0 Å². The van der Waals surface area contributed by atoms with Gasteiger partial charge in [-0.25, -0.2) is 15.0 Å². The molecule has 0 saturated carbocycles. The molecular weight excluding hydrogens is 294 g/mol. The van der Waals surface area contributed by atoms with Crippen LogP contribution in [0.15, 0.2) is 30.6 Å². The Morgan fingerprint density at radius 1 is 1.14 bits per heavy atom. The van der Waals surface area contributed by atoms with Gasteiger partial charge in [0.1, 0.15) is 18.0 Å². The molecule has 1 aliphatic heterocycles. The summed E-state index contributed by atoms with van der Waals surface area (Å²) in [7, 11) is 0. The number of benzene rings is 1. The highest BCUT2D eigenvalue weighted by Gasteiger charge is 2.14. The first-order valence-electron chi connectivity index (χ1n) is 7.49. The molecule has 2 aromatic heterocycles. The van der Waals surface area contributed by atoms with Gasteiger partial charge in [-0.05, 0) is 38.0 Å². The van der Waals surface area contributed by atoms with Crippen LogP contribution >= 0.6 is 11.3 Å². The molecule has 6 heteroatoms. The molecule has 0 spiro atoms. The van der Waals surface area contributed by atoms with Crippen LogP contribution in [0.25, 0.3) is 10.2 Å². The van der Waals surface area contributed by atoms with Gasteiger partial charge in [-0.15, -0.1) is 11.3 Å². The van der Waals surface area contributed by atoms with E-state index in [0.717, 1.165) is 40.9 Å². The summed E-state index contributed by atoms with van der Waals surface area (Å²) < 4.78 is 1.21. The molecule has 1 saturated heterocycles. The van der Waals surface area contributed by atoms with Crippen molar-refractivity contribution in [1.29, 1.82) is 0 Å². The number of fused-ring (bicyclic) bond motifs is 1. The standard InChI is InChI=1S/C16H17N5S/c1-11-19-13-8-12(4-5-14(13)22-11)20-15-9-16(18-10-17-15)21-6-2-3-7-21/h4-5,8-10H,2-3,6-7H2,1H3,(H,17,18,20). The van der Waals surface area contributed by atoms with E-state index in [4.69, 9.17) is 0 Å². The Kier molecular flexibility index (Phi) is 3.38. The molecule has 0 radical (unpaired) electrons. The maximum Gasteiger partial charge on any atom is 0.135 e. The molecule has 3 heterocycles. The van der Waals surface area contributed by atoms with Gasteiger partial charge in [-0.1, -0.05) is 0 Å². The number of hydrogen-bond acceptors (Lipinski definition) is 6. The smallest absolute Gasteiger partial charge is 0.135 e. The van der Waals surface area contributed by atoms with Gasteiger partial charge in [-0.3, -0.25) is 0 Å². The van der Waals surface area contributed by atoms with E-state index in [9.17, 15) is 0 Å². The van der Waals surface area contributed by atoms with Crippen LogP contribution in [0, 0.1) is 6.92 Å². The molecular formula is C16H17N5S. The van der Waals surface area contributed by atoms with Gasteiger partial charge < -0.3 is 10.2 Å². The molecule has 22 heavy (non-hydrogen) atoms. The predicted octanol–water partition coefficient (Wildman–Crippen LogP) is 3.74. The lowest BCUT2D eigenvalue weighted by Crippen LogP contribution is -2.19. The largest absolute Gasteiger partial charge is 0.356 e. The van der Waals surface area contributed by atoms with Crippen molar-refractivity contribution >= 4 is 38.9 Å². The molecule has 1 aliphatic rings. The summed E-state index contributed by atoms with van der Waals surface area (Å²) >= 11 is 1.72. The normalized spacial score (nSPS) is 14.7. The average molecular weight is 311 g/mol. The highest BCUT2D eigenvalue weighted by atomic mass is 32.1. The van der Waals surface area contributed by atoms with Crippen LogP contribution in [-0.4, -0.2) is 28.0 Å². The zero-order chi connectivity index (χ0) is 14.9. The van der Waals surface area contributed by atoms with Crippen LogP contribution in [0.4, 0.5) is 17.3 Å². The van der Waals surface area contributed by atoms with Gasteiger partial charge in [0.05, 0.1) is 15.2 Å². The first-order valence-corrected chi connectivity index (χ1v) is 8.31. The number of aromatic nitrogens is 3. The van der Waals surface area contributed by atoms with Crippen LogP contribution in [0.5, 0.6) is 0 Å². The van der Waals surface area contributed by atoms with Gasteiger partial charge in [0.15, 0.2) is 0 Å². The number of thiazole rings is 1. The van der Waals surface area contributed by atoms with Crippen molar-refractivity contribution in [2.45, 2.75) is 19.8 Å². The number of rotatable bonds is 3. The number of nitrogens with one attached hydrogen (secondary N) is 1. The topological polar surface area (TPSA) is 53.9 Å². The molecule has 0 atom stereocenters. The first-order chi connectivity index (χ1) is 10.8. The van der Waals surface area contributed by atoms with Crippen molar-refractivity contribution in [2.75, 3.05) is 23.3 Å². The Bertz CT molecular complexity index is 807. The maximum atomic E-state index is 4.53. The second kappa shape index (κ2) is 5.53. The minimum atomic E-state index is 0.822. The highest BCUT2D eigenvalue weighted by molar-refractivity contribution is 7.18. The Morgan fingerprint density at radius 2 is 2.00 bits per heavy atom. The fourth-order valence-corrected chi connectivity index (χ4v) is 3.61. The van der Waals surface area contributed by atoms with Crippen LogP contribution in [0.3, 0.4) is 0 Å². The molecule has 0 unspecified atom stereocenters. The second-order valence-corrected chi connectivity index (χ2v) is 6.73. The Hall–Kier alpha value is -2.21. The van der Waals surface area contributed by atoms with Crippen molar-refractivity contribution in [3.8, 4) is 0 Å². The number of aryl methyl sites for hydroxylation is 1. The molecule has 1 N–H and O–H groups in total. The van der Waals surface area contributed by atoms with E-state index in [0.29, 0.717) is 0 Å². The molecule has 0 bridgehead atoms. The third-order valence-corrected chi connectivity index (χ3v) is 4.80. The summed E-state index contributed by atoms with van der Waals surface area (Å²) in [4.78, 5) is 15.5. The monoisotopic (exact) mass is 311 g/mol. The number of nitrogens with zero attached hydrogens (tertiary/aromatic N) is 4. The zero-order valence-electron chi connectivity index (χ0n) is 12.4. The highest BCUT2D eigenvalue weighted by Crippen LogP contribution is 2.26. The number of hydrogen-bond donors (Lipinski definition) is 1. The van der Waals surface area contributed by atoms with Crippen molar-refractivity contribution in [3.05, 3.63) is 35.6 Å². The average Bonchev–Trinajstić information content (AvgIpc) is 3.15. The van der Waals surface area contributed by atoms with Gasteiger partial charge in [0.25, 0.3) is 0 Å². The quantitative estimate of drug-likeness (QED) is 0.798. The SMILES string of the molecule is Cc1nc2cc(Nc3cc(N4CCCC4)ncn3)ccc2s1. The molecule has 0 aliphatic carbocycles. The van der Waals surface area contributed by atoms with E-state index in [-0.39, 0.29) is 0 Å². The number of anilines is 3. The Morgan fingerprint density at radius 3 is 2.86 bits per heavy atom. The summed E-state index contributed by atoms with van der Waals surface area (Å²) in [6, 6.07) is 8.25. The van der Waals surface area contributed by atoms with Gasteiger partial charge >= 0.3 is 0 Å². The molecule has 1 fully saturated rings. The van der Waals surface area contributed by atoms with E-state index >= 15 is 0 Å². The summed E-state index contributed by atoms with van der Waals surface area (Å²) in [5.74, 6) is 1.82. The van der Waals surface area contributed by atoms with E-state index in [2.05, 4.69) is 43.4 Å². The molecule has 3 aromatic rings. The summed E-state index contributed by atoms with van der Waals surface area (Å²) in [5, 5.41) is 4.44. The summed E-state index contributed by atoms with van der Waals surface area (Å²) in [5.41, 5.74) is 2.03.